The van der Waals surface area contributed by atoms with E-state index in [2.05, 4.69) is 5.32 Å². The first-order valence-corrected chi connectivity index (χ1v) is 8.28. The molecule has 24 heavy (non-hydrogen) atoms. The van der Waals surface area contributed by atoms with Crippen molar-refractivity contribution in [1.82, 2.24) is 5.32 Å². The summed E-state index contributed by atoms with van der Waals surface area (Å²) in [6, 6.07) is 6.73. The topological polar surface area (TPSA) is 92.5 Å². The second-order valence-corrected chi connectivity index (χ2v) is 6.78. The lowest BCUT2D eigenvalue weighted by Crippen LogP contribution is -2.52. The van der Waals surface area contributed by atoms with E-state index < -0.39 is 11.9 Å². The smallest absolute Gasteiger partial charge is 0.250 e. The summed E-state index contributed by atoms with van der Waals surface area (Å²) in [5.74, 6) is -0.979. The van der Waals surface area contributed by atoms with E-state index in [9.17, 15) is 14.4 Å². The van der Waals surface area contributed by atoms with Crippen molar-refractivity contribution in [2.24, 2.45) is 11.7 Å². The van der Waals surface area contributed by atoms with Crippen LogP contribution in [-0.2, 0) is 20.8 Å². The van der Waals surface area contributed by atoms with E-state index in [1.54, 1.807) is 4.90 Å². The number of anilines is 1. The van der Waals surface area contributed by atoms with E-state index in [-0.39, 0.29) is 30.2 Å². The number of hydrogen-bond donors (Lipinski definition) is 2. The summed E-state index contributed by atoms with van der Waals surface area (Å²) < 4.78 is 0. The van der Waals surface area contributed by atoms with Crippen molar-refractivity contribution in [3.05, 3.63) is 29.8 Å². The fourth-order valence-electron chi connectivity index (χ4n) is 3.09. The summed E-state index contributed by atoms with van der Waals surface area (Å²) in [7, 11) is 0. The maximum absolute atomic E-state index is 13.0. The monoisotopic (exact) mass is 331 g/mol. The van der Waals surface area contributed by atoms with Crippen LogP contribution in [0.4, 0.5) is 5.69 Å². The first-order valence-electron chi connectivity index (χ1n) is 8.28. The standard InChI is InChI=1S/C18H25N3O3/c1-11(2)8-17(23)20-14(10-16(19)22)18(24)21-12(3)9-13-6-4-5-7-15(13)21/h4-7,11-12,14H,8-10H2,1-3H3,(H2,19,22)(H,20,23)/t12-,14-/m0/s1. The lowest BCUT2D eigenvalue weighted by Gasteiger charge is -2.28. The zero-order valence-electron chi connectivity index (χ0n) is 14.4. The number of fused-ring (bicyclic) bond motifs is 1. The molecule has 2 atom stereocenters. The van der Waals surface area contributed by atoms with Gasteiger partial charge in [-0.25, -0.2) is 0 Å². The Bertz CT molecular complexity index is 642. The molecule has 1 aliphatic rings. The predicted octanol–water partition coefficient (Wildman–Crippen LogP) is 1.37. The number of hydrogen-bond acceptors (Lipinski definition) is 3. The van der Waals surface area contributed by atoms with Crippen molar-refractivity contribution >= 4 is 23.4 Å². The van der Waals surface area contributed by atoms with Gasteiger partial charge < -0.3 is 16.0 Å². The highest BCUT2D eigenvalue weighted by Crippen LogP contribution is 2.32. The normalized spacial score (nSPS) is 17.5. The van der Waals surface area contributed by atoms with Crippen LogP contribution in [0.15, 0.2) is 24.3 Å². The summed E-state index contributed by atoms with van der Waals surface area (Å²) in [4.78, 5) is 38.1. The fraction of sp³-hybridized carbons (Fsp3) is 0.500. The third kappa shape index (κ3) is 4.13. The maximum Gasteiger partial charge on any atom is 0.250 e. The van der Waals surface area contributed by atoms with Gasteiger partial charge in [0.1, 0.15) is 6.04 Å². The van der Waals surface area contributed by atoms with E-state index in [1.807, 2.05) is 45.0 Å². The van der Waals surface area contributed by atoms with Gasteiger partial charge in [0.15, 0.2) is 0 Å². The van der Waals surface area contributed by atoms with Crippen molar-refractivity contribution in [2.75, 3.05) is 4.90 Å². The van der Waals surface area contributed by atoms with Crippen LogP contribution in [-0.4, -0.2) is 29.8 Å². The van der Waals surface area contributed by atoms with E-state index in [0.29, 0.717) is 6.42 Å². The highest BCUT2D eigenvalue weighted by atomic mass is 16.2. The first-order chi connectivity index (χ1) is 11.3. The average molecular weight is 331 g/mol. The minimum Gasteiger partial charge on any atom is -0.370 e. The van der Waals surface area contributed by atoms with Crippen molar-refractivity contribution in [1.29, 1.82) is 0 Å². The van der Waals surface area contributed by atoms with Gasteiger partial charge in [-0.3, -0.25) is 14.4 Å². The van der Waals surface area contributed by atoms with Gasteiger partial charge in [-0.2, -0.15) is 0 Å². The largest absolute Gasteiger partial charge is 0.370 e. The van der Waals surface area contributed by atoms with Crippen molar-refractivity contribution in [2.45, 2.75) is 52.1 Å². The molecule has 1 heterocycles. The van der Waals surface area contributed by atoms with Crippen molar-refractivity contribution < 1.29 is 14.4 Å². The molecule has 130 valence electrons. The van der Waals surface area contributed by atoms with Crippen LogP contribution in [0.2, 0.25) is 0 Å². The van der Waals surface area contributed by atoms with Crippen LogP contribution in [0.3, 0.4) is 0 Å². The van der Waals surface area contributed by atoms with Crippen LogP contribution in [0.25, 0.3) is 0 Å². The quantitative estimate of drug-likeness (QED) is 0.824. The molecular formula is C18H25N3O3. The Morgan fingerprint density at radius 3 is 2.54 bits per heavy atom. The number of nitrogens with two attached hydrogens (primary N) is 1. The minimum atomic E-state index is -0.928. The minimum absolute atomic E-state index is 0.0210. The highest BCUT2D eigenvalue weighted by molar-refractivity contribution is 6.03. The van der Waals surface area contributed by atoms with Crippen LogP contribution in [0.5, 0.6) is 0 Å². The number of nitrogens with one attached hydrogen (secondary N) is 1. The van der Waals surface area contributed by atoms with Gasteiger partial charge in [0, 0.05) is 18.2 Å². The third-order valence-electron chi connectivity index (χ3n) is 4.08. The van der Waals surface area contributed by atoms with E-state index >= 15 is 0 Å². The Morgan fingerprint density at radius 2 is 1.92 bits per heavy atom. The van der Waals surface area contributed by atoms with Crippen LogP contribution in [0.1, 0.15) is 39.2 Å². The molecule has 2 rings (SSSR count). The van der Waals surface area contributed by atoms with Gasteiger partial charge in [-0.1, -0.05) is 32.0 Å². The Labute approximate surface area is 142 Å². The molecule has 0 saturated carbocycles. The molecule has 0 radical (unpaired) electrons. The average Bonchev–Trinajstić information content (AvgIpc) is 2.80. The summed E-state index contributed by atoms with van der Waals surface area (Å²) in [6.45, 7) is 5.79. The molecule has 0 aromatic heterocycles. The van der Waals surface area contributed by atoms with Gasteiger partial charge in [0.2, 0.25) is 17.7 Å². The third-order valence-corrected chi connectivity index (χ3v) is 4.08. The molecule has 3 amide bonds. The van der Waals surface area contributed by atoms with Crippen LogP contribution in [0, 0.1) is 5.92 Å². The predicted molar refractivity (Wildman–Crippen MR) is 92.3 cm³/mol. The number of carbonyl (C=O) groups is 3. The molecule has 1 aliphatic heterocycles. The summed E-state index contributed by atoms with van der Waals surface area (Å²) >= 11 is 0. The molecule has 1 aromatic carbocycles. The van der Waals surface area contributed by atoms with E-state index in [0.717, 1.165) is 17.7 Å². The molecule has 0 fully saturated rings. The molecule has 3 N–H and O–H groups in total. The molecule has 6 nitrogen and oxygen atoms in total. The number of nitrogens with zero attached hydrogens (tertiary/aromatic N) is 1. The zero-order valence-corrected chi connectivity index (χ0v) is 14.4. The zero-order chi connectivity index (χ0) is 17.9. The molecule has 0 unspecified atom stereocenters. The summed E-state index contributed by atoms with van der Waals surface area (Å²) in [5.41, 5.74) is 7.20. The van der Waals surface area contributed by atoms with E-state index in [1.165, 1.54) is 0 Å². The lowest BCUT2D eigenvalue weighted by atomic mass is 10.1. The second kappa shape index (κ2) is 7.47. The van der Waals surface area contributed by atoms with Gasteiger partial charge >= 0.3 is 0 Å². The molecule has 6 heteroatoms. The molecule has 0 bridgehead atoms. The lowest BCUT2D eigenvalue weighted by molar-refractivity contribution is -0.130. The number of amides is 3. The van der Waals surface area contributed by atoms with Crippen LogP contribution < -0.4 is 16.0 Å². The Hall–Kier alpha value is -2.37. The number of para-hydroxylation sites is 1. The van der Waals surface area contributed by atoms with E-state index in [4.69, 9.17) is 5.73 Å². The molecule has 1 aromatic rings. The molecular weight excluding hydrogens is 306 g/mol. The Kier molecular flexibility index (Phi) is 5.59. The van der Waals surface area contributed by atoms with Crippen LogP contribution >= 0.6 is 0 Å². The van der Waals surface area contributed by atoms with Gasteiger partial charge in [-0.05, 0) is 30.9 Å². The number of primary amides is 1. The maximum atomic E-state index is 13.0. The number of benzene rings is 1. The Morgan fingerprint density at radius 1 is 1.25 bits per heavy atom. The van der Waals surface area contributed by atoms with Crippen molar-refractivity contribution in [3.8, 4) is 0 Å². The van der Waals surface area contributed by atoms with Crippen molar-refractivity contribution in [3.63, 3.8) is 0 Å². The second-order valence-electron chi connectivity index (χ2n) is 6.78. The Balaban J connectivity index is 2.21. The first kappa shape index (κ1) is 18.0. The molecule has 0 saturated heterocycles. The van der Waals surface area contributed by atoms with Gasteiger partial charge in [-0.15, -0.1) is 0 Å². The fourth-order valence-corrected chi connectivity index (χ4v) is 3.09. The summed E-state index contributed by atoms with van der Waals surface area (Å²) in [5, 5.41) is 2.68. The molecule has 0 aliphatic carbocycles. The number of rotatable bonds is 6. The van der Waals surface area contributed by atoms with Gasteiger partial charge in [0.25, 0.3) is 0 Å². The summed E-state index contributed by atoms with van der Waals surface area (Å²) in [6.07, 6.45) is 0.855. The molecule has 0 spiro atoms. The van der Waals surface area contributed by atoms with Gasteiger partial charge in [0.05, 0.1) is 6.42 Å². The number of carbonyl (C=O) groups excluding carboxylic acids is 3. The SMILES string of the molecule is CC(C)CC(=O)N[C@@H](CC(N)=O)C(=O)N1c2ccccc2C[C@@H]1C. The highest BCUT2D eigenvalue weighted by Gasteiger charge is 2.35.